The van der Waals surface area contributed by atoms with Crippen LogP contribution in [0.1, 0.15) is 42.4 Å². The van der Waals surface area contributed by atoms with Gasteiger partial charge < -0.3 is 15.2 Å². The van der Waals surface area contributed by atoms with Gasteiger partial charge in [0.2, 0.25) is 0 Å². The third kappa shape index (κ3) is 3.90. The van der Waals surface area contributed by atoms with Gasteiger partial charge in [-0.15, -0.1) is 0 Å². The van der Waals surface area contributed by atoms with E-state index in [1.54, 1.807) is 0 Å². The fraction of sp³-hybridized carbons (Fsp3) is 0.321. The first kappa shape index (κ1) is 20.8. The monoisotopic (exact) mass is 424 g/mol. The first-order chi connectivity index (χ1) is 15.7. The minimum Gasteiger partial charge on any atom is -0.481 e. The molecule has 1 unspecified atom stereocenters. The Hall–Kier alpha value is -3.13. The van der Waals surface area contributed by atoms with E-state index < -0.39 is 5.60 Å². The van der Waals surface area contributed by atoms with Crippen molar-refractivity contribution in [2.75, 3.05) is 6.54 Å². The van der Waals surface area contributed by atoms with Crippen LogP contribution in [0.3, 0.4) is 0 Å². The van der Waals surface area contributed by atoms with Crippen LogP contribution >= 0.6 is 0 Å². The van der Waals surface area contributed by atoms with Crippen molar-refractivity contribution in [1.82, 2.24) is 5.32 Å². The van der Waals surface area contributed by atoms with Gasteiger partial charge in [-0.2, -0.15) is 5.26 Å². The lowest BCUT2D eigenvalue weighted by Gasteiger charge is -2.34. The maximum absolute atomic E-state index is 9.86. The number of aliphatic hydroxyl groups excluding tert-OH is 1. The molecular weight excluding hydrogens is 396 g/mol. The van der Waals surface area contributed by atoms with Crippen LogP contribution in [0.15, 0.2) is 72.8 Å². The van der Waals surface area contributed by atoms with Crippen molar-refractivity contribution in [3.8, 4) is 22.9 Å². The lowest BCUT2D eigenvalue weighted by molar-refractivity contribution is 0.0762. The van der Waals surface area contributed by atoms with Gasteiger partial charge in [-0.25, -0.2) is 0 Å². The highest BCUT2D eigenvalue weighted by Gasteiger charge is 2.43. The maximum Gasteiger partial charge on any atom is 0.150 e. The lowest BCUT2D eigenvalue weighted by atomic mass is 9.84. The number of nitriles is 1. The molecule has 0 amide bonds. The van der Waals surface area contributed by atoms with Gasteiger partial charge in [0.1, 0.15) is 5.75 Å². The molecule has 0 spiro atoms. The molecule has 0 saturated heterocycles. The van der Waals surface area contributed by atoms with Gasteiger partial charge in [-0.1, -0.05) is 60.7 Å². The number of aliphatic hydroxyl groups is 1. The Morgan fingerprint density at radius 2 is 1.62 bits per heavy atom. The van der Waals surface area contributed by atoms with Gasteiger partial charge in [-0.05, 0) is 48.9 Å². The van der Waals surface area contributed by atoms with Gasteiger partial charge in [0, 0.05) is 30.1 Å². The molecule has 162 valence electrons. The van der Waals surface area contributed by atoms with Crippen LogP contribution in [0.5, 0.6) is 5.75 Å². The lowest BCUT2D eigenvalue weighted by Crippen LogP contribution is -2.46. The van der Waals surface area contributed by atoms with Crippen molar-refractivity contribution in [3.05, 3.63) is 89.5 Å². The summed E-state index contributed by atoms with van der Waals surface area (Å²) in [5.41, 5.74) is 4.40. The first-order valence-electron chi connectivity index (χ1n) is 11.5. The van der Waals surface area contributed by atoms with E-state index in [2.05, 4.69) is 47.8 Å². The predicted molar refractivity (Wildman–Crippen MR) is 125 cm³/mol. The SMILES string of the molecule is N#Cc1ccc2c(c1-c1ccccc1)CC(CNC1CCC(O)CC1)(c1ccccc1)O2. The Balaban J connectivity index is 1.52. The molecule has 0 radical (unpaired) electrons. The minimum atomic E-state index is -0.530. The number of benzene rings is 3. The zero-order valence-electron chi connectivity index (χ0n) is 18.1. The van der Waals surface area contributed by atoms with Crippen LogP contribution in [-0.2, 0) is 12.0 Å². The van der Waals surface area contributed by atoms with Crippen molar-refractivity contribution in [3.63, 3.8) is 0 Å². The molecule has 1 fully saturated rings. The zero-order chi connectivity index (χ0) is 22.0. The van der Waals surface area contributed by atoms with Gasteiger partial charge in [0.05, 0.1) is 17.7 Å². The highest BCUT2D eigenvalue weighted by molar-refractivity contribution is 5.77. The third-order valence-corrected chi connectivity index (χ3v) is 6.89. The molecule has 0 bridgehead atoms. The summed E-state index contributed by atoms with van der Waals surface area (Å²) in [7, 11) is 0. The standard InChI is InChI=1S/C28H28N2O2/c29-18-21-11-16-26-25(27(21)20-7-3-1-4-8-20)17-28(32-26,22-9-5-2-6-10-22)19-30-23-12-14-24(31)15-13-23/h1-11,16,23-24,30-31H,12-15,17,19H2. The summed E-state index contributed by atoms with van der Waals surface area (Å²) >= 11 is 0. The number of hydrogen-bond acceptors (Lipinski definition) is 4. The van der Waals surface area contributed by atoms with E-state index >= 15 is 0 Å². The fourth-order valence-electron chi connectivity index (χ4n) is 5.15. The molecule has 1 saturated carbocycles. The second kappa shape index (κ2) is 8.78. The number of nitrogens with one attached hydrogen (secondary N) is 1. The summed E-state index contributed by atoms with van der Waals surface area (Å²) in [6.07, 6.45) is 4.19. The molecule has 32 heavy (non-hydrogen) atoms. The molecule has 4 heteroatoms. The molecule has 1 aliphatic carbocycles. The van der Waals surface area contributed by atoms with Crippen molar-refractivity contribution >= 4 is 0 Å². The molecule has 1 heterocycles. The Morgan fingerprint density at radius 3 is 2.31 bits per heavy atom. The highest BCUT2D eigenvalue weighted by atomic mass is 16.5. The average Bonchev–Trinajstić information content (AvgIpc) is 3.24. The Bertz CT molecular complexity index is 1120. The second-order valence-corrected chi connectivity index (χ2v) is 8.97. The van der Waals surface area contributed by atoms with Crippen LogP contribution in [0, 0.1) is 11.3 Å². The molecule has 4 nitrogen and oxygen atoms in total. The van der Waals surface area contributed by atoms with E-state index in [0.29, 0.717) is 24.6 Å². The summed E-state index contributed by atoms with van der Waals surface area (Å²) < 4.78 is 6.73. The number of hydrogen-bond donors (Lipinski definition) is 2. The summed E-state index contributed by atoms with van der Waals surface area (Å²) in [5, 5.41) is 23.4. The maximum atomic E-state index is 9.86. The van der Waals surface area contributed by atoms with Crippen molar-refractivity contribution < 1.29 is 9.84 Å². The van der Waals surface area contributed by atoms with E-state index in [1.165, 1.54) is 0 Å². The van der Waals surface area contributed by atoms with Crippen LogP contribution < -0.4 is 10.1 Å². The number of ether oxygens (including phenoxy) is 1. The molecule has 3 aromatic rings. The third-order valence-electron chi connectivity index (χ3n) is 6.89. The number of fused-ring (bicyclic) bond motifs is 1. The molecule has 3 aromatic carbocycles. The fourth-order valence-corrected chi connectivity index (χ4v) is 5.15. The molecule has 5 rings (SSSR count). The van der Waals surface area contributed by atoms with Crippen molar-refractivity contribution in [2.45, 2.75) is 49.9 Å². The summed E-state index contributed by atoms with van der Waals surface area (Å²) in [6.45, 7) is 0.683. The van der Waals surface area contributed by atoms with Gasteiger partial charge in [0.15, 0.2) is 5.60 Å². The van der Waals surface area contributed by atoms with Crippen LogP contribution in [0.4, 0.5) is 0 Å². The van der Waals surface area contributed by atoms with Gasteiger partial charge in [0.25, 0.3) is 0 Å². The van der Waals surface area contributed by atoms with Gasteiger partial charge in [-0.3, -0.25) is 0 Å². The molecule has 2 N–H and O–H groups in total. The molecular formula is C28H28N2O2. The Kier molecular flexibility index (Phi) is 5.70. The van der Waals surface area contributed by atoms with Gasteiger partial charge >= 0.3 is 0 Å². The van der Waals surface area contributed by atoms with Crippen LogP contribution in [0.2, 0.25) is 0 Å². The van der Waals surface area contributed by atoms with E-state index in [1.807, 2.05) is 36.4 Å². The zero-order valence-corrected chi connectivity index (χ0v) is 18.1. The van der Waals surface area contributed by atoms with Crippen molar-refractivity contribution in [1.29, 1.82) is 5.26 Å². The summed E-state index contributed by atoms with van der Waals surface area (Å²) in [4.78, 5) is 0. The quantitative estimate of drug-likeness (QED) is 0.608. The Labute approximate surface area is 189 Å². The molecule has 0 aromatic heterocycles. The topological polar surface area (TPSA) is 65.3 Å². The summed E-state index contributed by atoms with van der Waals surface area (Å²) in [6, 6.07) is 27.1. The van der Waals surface area contributed by atoms with Crippen LogP contribution in [-0.4, -0.2) is 23.8 Å². The normalized spacial score (nSPS) is 24.4. The predicted octanol–water partition coefficient (Wildman–Crippen LogP) is 4.95. The van der Waals surface area contributed by atoms with E-state index in [-0.39, 0.29) is 6.10 Å². The highest BCUT2D eigenvalue weighted by Crippen LogP contribution is 2.46. The number of nitrogens with zero attached hydrogens (tertiary/aromatic N) is 1. The Morgan fingerprint density at radius 1 is 0.938 bits per heavy atom. The number of rotatable bonds is 5. The van der Waals surface area contributed by atoms with E-state index in [9.17, 15) is 10.4 Å². The van der Waals surface area contributed by atoms with E-state index in [4.69, 9.17) is 4.74 Å². The summed E-state index contributed by atoms with van der Waals surface area (Å²) in [5.74, 6) is 0.854. The second-order valence-electron chi connectivity index (χ2n) is 8.97. The van der Waals surface area contributed by atoms with E-state index in [0.717, 1.165) is 53.7 Å². The van der Waals surface area contributed by atoms with Crippen LogP contribution in [0.25, 0.3) is 11.1 Å². The first-order valence-corrected chi connectivity index (χ1v) is 11.5. The van der Waals surface area contributed by atoms with Crippen molar-refractivity contribution in [2.24, 2.45) is 0 Å². The average molecular weight is 425 g/mol. The molecule has 1 aliphatic heterocycles. The minimum absolute atomic E-state index is 0.166. The molecule has 1 atom stereocenters. The molecule has 2 aliphatic rings. The largest absolute Gasteiger partial charge is 0.481 e. The smallest absolute Gasteiger partial charge is 0.150 e.